The summed E-state index contributed by atoms with van der Waals surface area (Å²) >= 11 is 0. The van der Waals surface area contributed by atoms with Crippen LogP contribution in [0.2, 0.25) is 0 Å². The Morgan fingerprint density at radius 3 is 3.00 bits per heavy atom. The Bertz CT molecular complexity index is 651. The van der Waals surface area contributed by atoms with E-state index in [9.17, 15) is 4.79 Å². The number of pyridine rings is 1. The summed E-state index contributed by atoms with van der Waals surface area (Å²) < 4.78 is 0. The van der Waals surface area contributed by atoms with Crippen LogP contribution in [0, 0.1) is 11.8 Å². The highest BCUT2D eigenvalue weighted by Gasteiger charge is 2.17. The molecule has 1 aliphatic carbocycles. The minimum Gasteiger partial charge on any atom is -0.294 e. The quantitative estimate of drug-likeness (QED) is 0.677. The normalized spacial score (nSPS) is 13.7. The molecule has 2 aromatic rings. The zero-order valence-corrected chi connectivity index (χ0v) is 9.47. The number of fused-ring (bicyclic) bond motifs is 1. The number of aryl methyl sites for hydroxylation is 1. The standard InChI is InChI=1S/C12H9N5O/c18-11-3-1-2-10-9(11)6-4-8(13-10)5-7-12-14-16-17-15-12/h4,6H,1-3H2,(H,14,15,16,17). The van der Waals surface area contributed by atoms with E-state index < -0.39 is 0 Å². The van der Waals surface area contributed by atoms with Gasteiger partial charge in [0.25, 0.3) is 0 Å². The number of nitrogens with zero attached hydrogens (tertiary/aromatic N) is 4. The maximum Gasteiger partial charge on any atom is 0.224 e. The summed E-state index contributed by atoms with van der Waals surface area (Å²) in [6.07, 6.45) is 2.31. The third-order valence-electron chi connectivity index (χ3n) is 2.75. The molecule has 88 valence electrons. The van der Waals surface area contributed by atoms with Crippen molar-refractivity contribution in [3.8, 4) is 11.8 Å². The van der Waals surface area contributed by atoms with Crippen molar-refractivity contribution in [3.05, 3.63) is 34.9 Å². The highest BCUT2D eigenvalue weighted by Crippen LogP contribution is 2.19. The number of carbonyl (C=O) groups is 1. The van der Waals surface area contributed by atoms with Gasteiger partial charge in [-0.1, -0.05) is 5.10 Å². The number of H-pyrrole nitrogens is 1. The van der Waals surface area contributed by atoms with Crippen LogP contribution in [0.25, 0.3) is 0 Å². The SMILES string of the molecule is O=C1CCCc2nc(C#Cc3nnn[nH]3)ccc21. The number of rotatable bonds is 0. The van der Waals surface area contributed by atoms with Crippen molar-refractivity contribution in [1.82, 2.24) is 25.6 Å². The Morgan fingerprint density at radius 2 is 2.17 bits per heavy atom. The third-order valence-corrected chi connectivity index (χ3v) is 2.75. The summed E-state index contributed by atoms with van der Waals surface area (Å²) in [4.78, 5) is 16.0. The monoisotopic (exact) mass is 239 g/mol. The smallest absolute Gasteiger partial charge is 0.224 e. The van der Waals surface area contributed by atoms with Gasteiger partial charge in [0.15, 0.2) is 5.78 Å². The van der Waals surface area contributed by atoms with Gasteiger partial charge in [0.05, 0.1) is 5.69 Å². The van der Waals surface area contributed by atoms with Gasteiger partial charge in [0, 0.05) is 12.0 Å². The Hall–Kier alpha value is -2.55. The fraction of sp³-hybridized carbons (Fsp3) is 0.250. The molecule has 0 fully saturated rings. The lowest BCUT2D eigenvalue weighted by Gasteiger charge is -2.12. The second-order valence-corrected chi connectivity index (χ2v) is 3.97. The molecule has 0 amide bonds. The molecule has 0 aliphatic heterocycles. The van der Waals surface area contributed by atoms with Crippen molar-refractivity contribution in [2.45, 2.75) is 19.3 Å². The Kier molecular flexibility index (Phi) is 2.57. The molecule has 0 spiro atoms. The number of Topliss-reactive ketones (excluding diaryl/α,β-unsaturated/α-hetero) is 1. The van der Waals surface area contributed by atoms with Gasteiger partial charge in [0.2, 0.25) is 5.82 Å². The van der Waals surface area contributed by atoms with E-state index in [-0.39, 0.29) is 5.78 Å². The van der Waals surface area contributed by atoms with Gasteiger partial charge < -0.3 is 0 Å². The molecule has 6 nitrogen and oxygen atoms in total. The third kappa shape index (κ3) is 1.98. The first-order chi connectivity index (χ1) is 8.83. The van der Waals surface area contributed by atoms with Crippen molar-refractivity contribution in [2.75, 3.05) is 0 Å². The first-order valence-corrected chi connectivity index (χ1v) is 5.62. The molecule has 6 heteroatoms. The predicted molar refractivity (Wildman–Crippen MR) is 61.7 cm³/mol. The molecule has 0 radical (unpaired) electrons. The summed E-state index contributed by atoms with van der Waals surface area (Å²) in [6.45, 7) is 0. The Labute approximate surface area is 103 Å². The first kappa shape index (κ1) is 10.6. The lowest BCUT2D eigenvalue weighted by molar-refractivity contribution is 0.0971. The van der Waals surface area contributed by atoms with Gasteiger partial charge >= 0.3 is 0 Å². The first-order valence-electron chi connectivity index (χ1n) is 5.62. The predicted octanol–water partition coefficient (Wildman–Crippen LogP) is 0.514. The van der Waals surface area contributed by atoms with E-state index in [0.29, 0.717) is 17.9 Å². The molecule has 0 saturated heterocycles. The van der Waals surface area contributed by atoms with Crippen LogP contribution >= 0.6 is 0 Å². The Morgan fingerprint density at radius 1 is 1.22 bits per heavy atom. The minimum atomic E-state index is 0.169. The van der Waals surface area contributed by atoms with Crippen LogP contribution in [-0.4, -0.2) is 31.4 Å². The zero-order valence-electron chi connectivity index (χ0n) is 9.47. The molecule has 1 aliphatic rings. The average molecular weight is 239 g/mol. The number of aromatic nitrogens is 5. The van der Waals surface area contributed by atoms with Crippen LogP contribution in [0.1, 0.15) is 40.4 Å². The molecule has 3 rings (SSSR count). The number of nitrogens with one attached hydrogen (secondary N) is 1. The summed E-state index contributed by atoms with van der Waals surface area (Å²) in [7, 11) is 0. The van der Waals surface area contributed by atoms with E-state index in [1.54, 1.807) is 12.1 Å². The maximum atomic E-state index is 11.6. The van der Waals surface area contributed by atoms with Crippen molar-refractivity contribution in [3.63, 3.8) is 0 Å². The molecule has 0 bridgehead atoms. The summed E-state index contributed by atoms with van der Waals surface area (Å²) in [5, 5.41) is 13.1. The van der Waals surface area contributed by atoms with E-state index in [0.717, 1.165) is 24.1 Å². The van der Waals surface area contributed by atoms with Crippen molar-refractivity contribution >= 4 is 5.78 Å². The second-order valence-electron chi connectivity index (χ2n) is 3.97. The largest absolute Gasteiger partial charge is 0.294 e. The zero-order chi connectivity index (χ0) is 12.4. The number of hydrogen-bond donors (Lipinski definition) is 1. The highest BCUT2D eigenvalue weighted by molar-refractivity contribution is 5.98. The van der Waals surface area contributed by atoms with Crippen LogP contribution in [0.5, 0.6) is 0 Å². The van der Waals surface area contributed by atoms with E-state index in [2.05, 4.69) is 37.4 Å². The molecule has 0 atom stereocenters. The van der Waals surface area contributed by atoms with Gasteiger partial charge in [0.1, 0.15) is 5.69 Å². The topological polar surface area (TPSA) is 84.4 Å². The summed E-state index contributed by atoms with van der Waals surface area (Å²) in [6, 6.07) is 3.55. The molecular weight excluding hydrogens is 230 g/mol. The van der Waals surface area contributed by atoms with Crippen LogP contribution in [-0.2, 0) is 6.42 Å². The molecular formula is C12H9N5O. The number of hydrogen-bond acceptors (Lipinski definition) is 5. The van der Waals surface area contributed by atoms with Gasteiger partial charge in [-0.3, -0.25) is 4.79 Å². The number of aromatic amines is 1. The number of carbonyl (C=O) groups excluding carboxylic acids is 1. The van der Waals surface area contributed by atoms with Crippen LogP contribution in [0.3, 0.4) is 0 Å². The Balaban J connectivity index is 1.93. The van der Waals surface area contributed by atoms with Crippen molar-refractivity contribution in [2.24, 2.45) is 0 Å². The fourth-order valence-electron chi connectivity index (χ4n) is 1.90. The van der Waals surface area contributed by atoms with Crippen LogP contribution in [0.15, 0.2) is 12.1 Å². The van der Waals surface area contributed by atoms with Crippen LogP contribution in [0.4, 0.5) is 0 Å². The second kappa shape index (κ2) is 4.37. The fourth-order valence-corrected chi connectivity index (χ4v) is 1.90. The minimum absolute atomic E-state index is 0.169. The maximum absolute atomic E-state index is 11.6. The van der Waals surface area contributed by atoms with Crippen molar-refractivity contribution in [1.29, 1.82) is 0 Å². The molecule has 1 N–H and O–H groups in total. The summed E-state index contributed by atoms with van der Waals surface area (Å²) in [5.41, 5.74) is 2.20. The molecule has 0 aromatic carbocycles. The lowest BCUT2D eigenvalue weighted by Crippen LogP contribution is -2.12. The molecule has 18 heavy (non-hydrogen) atoms. The molecule has 2 aromatic heterocycles. The summed E-state index contributed by atoms with van der Waals surface area (Å²) in [5.74, 6) is 6.20. The van der Waals surface area contributed by atoms with E-state index in [1.165, 1.54) is 0 Å². The van der Waals surface area contributed by atoms with Gasteiger partial charge in [-0.25, -0.2) is 10.1 Å². The number of ketones is 1. The molecule has 0 saturated carbocycles. The lowest BCUT2D eigenvalue weighted by atomic mass is 9.94. The van der Waals surface area contributed by atoms with Crippen molar-refractivity contribution < 1.29 is 4.79 Å². The van der Waals surface area contributed by atoms with Gasteiger partial charge in [-0.05, 0) is 47.2 Å². The van der Waals surface area contributed by atoms with Gasteiger partial charge in [-0.2, -0.15) is 0 Å². The van der Waals surface area contributed by atoms with E-state index >= 15 is 0 Å². The molecule has 2 heterocycles. The molecule has 0 unspecified atom stereocenters. The average Bonchev–Trinajstić information content (AvgIpc) is 2.90. The van der Waals surface area contributed by atoms with Crippen LogP contribution < -0.4 is 0 Å². The number of tetrazole rings is 1. The van der Waals surface area contributed by atoms with Gasteiger partial charge in [-0.15, -0.1) is 0 Å². The van der Waals surface area contributed by atoms with E-state index in [4.69, 9.17) is 0 Å². The van der Waals surface area contributed by atoms with E-state index in [1.807, 2.05) is 0 Å². The highest BCUT2D eigenvalue weighted by atomic mass is 16.1.